The molecule has 5 rings (SSSR count). The number of hydrogen-bond donors (Lipinski definition) is 1. The first-order chi connectivity index (χ1) is 15.9. The van der Waals surface area contributed by atoms with Gasteiger partial charge in [0.1, 0.15) is 5.70 Å². The predicted molar refractivity (Wildman–Crippen MR) is 135 cm³/mol. The number of anilines is 1. The summed E-state index contributed by atoms with van der Waals surface area (Å²) in [6.07, 6.45) is 1.76. The van der Waals surface area contributed by atoms with Crippen LogP contribution in [0.4, 0.5) is 10.5 Å². The van der Waals surface area contributed by atoms with Crippen molar-refractivity contribution >= 4 is 62.1 Å². The minimum absolute atomic E-state index is 0.231. The normalized spacial score (nSPS) is 15.0. The summed E-state index contributed by atoms with van der Waals surface area (Å²) in [5, 5.41) is 4.19. The molecule has 3 amide bonds. The molecular weight excluding hydrogens is 502 g/mol. The Morgan fingerprint density at radius 1 is 1.00 bits per heavy atom. The lowest BCUT2D eigenvalue weighted by molar-refractivity contribution is -0.113. The van der Waals surface area contributed by atoms with E-state index in [1.54, 1.807) is 30.3 Å². The van der Waals surface area contributed by atoms with Gasteiger partial charge in [0.15, 0.2) is 0 Å². The number of hydrogen-bond acceptors (Lipinski definition) is 2. The molecule has 4 aromatic rings. The fraction of sp³-hybridized carbons (Fsp3) is 0.0769. The summed E-state index contributed by atoms with van der Waals surface area (Å²) in [5.41, 5.74) is 4.80. The molecule has 1 aliphatic heterocycles. The average Bonchev–Trinajstić information content (AvgIpc) is 3.23. The van der Waals surface area contributed by atoms with E-state index in [4.69, 9.17) is 11.6 Å². The zero-order valence-corrected chi connectivity index (χ0v) is 20.0. The van der Waals surface area contributed by atoms with Gasteiger partial charge >= 0.3 is 6.03 Å². The van der Waals surface area contributed by atoms with Crippen LogP contribution < -0.4 is 10.2 Å². The fourth-order valence-corrected chi connectivity index (χ4v) is 4.59. The number of nitrogens with zero attached hydrogens (tertiary/aromatic N) is 2. The van der Waals surface area contributed by atoms with Gasteiger partial charge in [0.25, 0.3) is 5.91 Å². The first kappa shape index (κ1) is 21.5. The molecule has 33 heavy (non-hydrogen) atoms. The van der Waals surface area contributed by atoms with Crippen molar-refractivity contribution in [2.45, 2.75) is 13.5 Å². The largest absolute Gasteiger partial charge is 0.340 e. The van der Waals surface area contributed by atoms with Crippen molar-refractivity contribution in [1.82, 2.24) is 9.88 Å². The summed E-state index contributed by atoms with van der Waals surface area (Å²) in [7, 11) is 0. The summed E-state index contributed by atoms with van der Waals surface area (Å²) in [6.45, 7) is 2.72. The van der Waals surface area contributed by atoms with Crippen LogP contribution >= 0.6 is 27.5 Å². The number of aromatic nitrogens is 1. The molecule has 7 heteroatoms. The monoisotopic (exact) mass is 519 g/mol. The zero-order valence-electron chi connectivity index (χ0n) is 17.7. The van der Waals surface area contributed by atoms with Crippen molar-refractivity contribution in [2.24, 2.45) is 0 Å². The lowest BCUT2D eigenvalue weighted by atomic mass is 10.1. The Bertz CT molecular complexity index is 1440. The van der Waals surface area contributed by atoms with Crippen LogP contribution in [0.25, 0.3) is 17.0 Å². The summed E-state index contributed by atoms with van der Waals surface area (Å²) < 4.78 is 3.26. The second-order valence-electron chi connectivity index (χ2n) is 7.84. The lowest BCUT2D eigenvalue weighted by Crippen LogP contribution is -2.30. The second-order valence-corrected chi connectivity index (χ2v) is 9.19. The van der Waals surface area contributed by atoms with Crippen molar-refractivity contribution in [2.75, 3.05) is 4.90 Å². The molecule has 0 atom stereocenters. The standard InChI is InChI=1S/C26H19BrClN3O2/c1-16-22(14-23-25(32)31(26(33)29-23)20-6-4-5-19(28)13-20)21-7-2-3-8-24(21)30(16)15-17-9-11-18(27)12-10-17/h2-14H,15H2,1H3,(H,29,33)/b23-14+. The van der Waals surface area contributed by atoms with Crippen LogP contribution in [-0.4, -0.2) is 16.5 Å². The lowest BCUT2D eigenvalue weighted by Gasteiger charge is -2.11. The van der Waals surface area contributed by atoms with Crippen molar-refractivity contribution in [3.8, 4) is 0 Å². The summed E-state index contributed by atoms with van der Waals surface area (Å²) in [6, 6.07) is 22.5. The van der Waals surface area contributed by atoms with E-state index >= 15 is 0 Å². The molecule has 5 nitrogen and oxygen atoms in total. The van der Waals surface area contributed by atoms with E-state index in [-0.39, 0.29) is 5.70 Å². The Labute approximate surface area is 204 Å². The van der Waals surface area contributed by atoms with Gasteiger partial charge in [-0.3, -0.25) is 4.79 Å². The van der Waals surface area contributed by atoms with Gasteiger partial charge in [0.2, 0.25) is 0 Å². The average molecular weight is 521 g/mol. The van der Waals surface area contributed by atoms with Crippen LogP contribution in [0, 0.1) is 6.92 Å². The van der Waals surface area contributed by atoms with Crippen LogP contribution in [-0.2, 0) is 11.3 Å². The molecule has 164 valence electrons. The van der Waals surface area contributed by atoms with Gasteiger partial charge < -0.3 is 9.88 Å². The minimum Gasteiger partial charge on any atom is -0.340 e. The van der Waals surface area contributed by atoms with E-state index in [1.165, 1.54) is 5.56 Å². The molecule has 2 heterocycles. The van der Waals surface area contributed by atoms with Crippen LogP contribution in [0.5, 0.6) is 0 Å². The number of urea groups is 1. The maximum atomic E-state index is 13.1. The number of nitrogens with one attached hydrogen (secondary N) is 1. The number of halogens is 2. The quantitative estimate of drug-likeness (QED) is 0.246. The molecule has 0 radical (unpaired) electrons. The van der Waals surface area contributed by atoms with Crippen molar-refractivity contribution in [3.63, 3.8) is 0 Å². The second kappa shape index (κ2) is 8.54. The number of carbonyl (C=O) groups is 2. The van der Waals surface area contributed by atoms with Crippen molar-refractivity contribution in [3.05, 3.63) is 105 Å². The molecular formula is C26H19BrClN3O2. The third kappa shape index (κ3) is 3.96. The van der Waals surface area contributed by atoms with Crippen LogP contribution in [0.1, 0.15) is 16.8 Å². The van der Waals surface area contributed by atoms with Gasteiger partial charge in [-0.2, -0.15) is 0 Å². The molecule has 1 fully saturated rings. The van der Waals surface area contributed by atoms with E-state index in [0.29, 0.717) is 17.3 Å². The molecule has 1 N–H and O–H groups in total. The maximum Gasteiger partial charge on any atom is 0.333 e. The molecule has 0 saturated carbocycles. The van der Waals surface area contributed by atoms with E-state index in [2.05, 4.69) is 44.0 Å². The summed E-state index contributed by atoms with van der Waals surface area (Å²) in [5.74, 6) is -0.411. The Hall–Kier alpha value is -3.35. The van der Waals surface area contributed by atoms with Gasteiger partial charge in [-0.05, 0) is 55.0 Å². The third-order valence-corrected chi connectivity index (χ3v) is 6.53. The summed E-state index contributed by atoms with van der Waals surface area (Å²) >= 11 is 9.54. The van der Waals surface area contributed by atoms with Gasteiger partial charge in [-0.1, -0.05) is 63.9 Å². The van der Waals surface area contributed by atoms with Gasteiger partial charge in [0.05, 0.1) is 5.69 Å². The van der Waals surface area contributed by atoms with Gasteiger partial charge in [-0.25, -0.2) is 9.69 Å². The number of para-hydroxylation sites is 1. The molecule has 0 spiro atoms. The molecule has 0 aliphatic carbocycles. The van der Waals surface area contributed by atoms with Crippen molar-refractivity contribution in [1.29, 1.82) is 0 Å². The van der Waals surface area contributed by atoms with Crippen LogP contribution in [0.2, 0.25) is 5.02 Å². The van der Waals surface area contributed by atoms with Gasteiger partial charge in [-0.15, -0.1) is 0 Å². The Kier molecular flexibility index (Phi) is 5.56. The van der Waals surface area contributed by atoms with E-state index in [0.717, 1.165) is 31.5 Å². The number of imide groups is 1. The Morgan fingerprint density at radius 3 is 2.52 bits per heavy atom. The summed E-state index contributed by atoms with van der Waals surface area (Å²) in [4.78, 5) is 26.9. The third-order valence-electron chi connectivity index (χ3n) is 5.77. The highest BCUT2D eigenvalue weighted by Crippen LogP contribution is 2.31. The molecule has 3 aromatic carbocycles. The SMILES string of the molecule is Cc1c(/C=C2/NC(=O)N(c3cccc(Cl)c3)C2=O)c2ccccc2n1Cc1ccc(Br)cc1. The fourth-order valence-electron chi connectivity index (χ4n) is 4.15. The highest BCUT2D eigenvalue weighted by Gasteiger charge is 2.35. The number of carbonyl (C=O) groups excluding carboxylic acids is 2. The molecule has 0 bridgehead atoms. The Balaban J connectivity index is 1.56. The number of fused-ring (bicyclic) bond motifs is 1. The maximum absolute atomic E-state index is 13.1. The smallest absolute Gasteiger partial charge is 0.333 e. The first-order valence-corrected chi connectivity index (χ1v) is 11.5. The number of amides is 3. The van der Waals surface area contributed by atoms with Crippen LogP contribution in [0.15, 0.2) is 83.0 Å². The number of rotatable bonds is 4. The zero-order chi connectivity index (χ0) is 23.1. The molecule has 1 saturated heterocycles. The van der Waals surface area contributed by atoms with Crippen molar-refractivity contribution < 1.29 is 9.59 Å². The molecule has 1 aliphatic rings. The first-order valence-electron chi connectivity index (χ1n) is 10.4. The highest BCUT2D eigenvalue weighted by molar-refractivity contribution is 9.10. The molecule has 1 aromatic heterocycles. The van der Waals surface area contributed by atoms with E-state index in [1.807, 2.05) is 37.3 Å². The number of benzene rings is 3. The topological polar surface area (TPSA) is 54.3 Å². The minimum atomic E-state index is -0.496. The van der Waals surface area contributed by atoms with E-state index in [9.17, 15) is 9.59 Å². The van der Waals surface area contributed by atoms with E-state index < -0.39 is 11.9 Å². The molecule has 0 unspecified atom stereocenters. The highest BCUT2D eigenvalue weighted by atomic mass is 79.9. The van der Waals surface area contributed by atoms with Gasteiger partial charge in [0, 0.05) is 38.2 Å². The predicted octanol–water partition coefficient (Wildman–Crippen LogP) is 6.51. The van der Waals surface area contributed by atoms with Crippen LogP contribution in [0.3, 0.4) is 0 Å². The Morgan fingerprint density at radius 2 is 1.76 bits per heavy atom.